The van der Waals surface area contributed by atoms with Crippen LogP contribution >= 0.6 is 11.8 Å². The summed E-state index contributed by atoms with van der Waals surface area (Å²) in [5.74, 6) is 3.29. The Hall–Kier alpha value is -1.20. The molecule has 3 unspecified atom stereocenters. The molecule has 3 rings (SSSR count). The number of hydrogen-bond acceptors (Lipinski definition) is 4. The summed E-state index contributed by atoms with van der Waals surface area (Å²) in [6.07, 6.45) is 2.21. The number of carbonyl (C=O) groups is 1. The van der Waals surface area contributed by atoms with Gasteiger partial charge in [-0.3, -0.25) is 10.1 Å². The molecule has 2 aliphatic heterocycles. The van der Waals surface area contributed by atoms with E-state index in [1.807, 2.05) is 43.0 Å². The largest absolute Gasteiger partial charge is 0.496 e. The molecule has 3 atom stereocenters. The Labute approximate surface area is 130 Å². The van der Waals surface area contributed by atoms with Crippen LogP contribution in [0.25, 0.3) is 0 Å². The van der Waals surface area contributed by atoms with Gasteiger partial charge in [0.05, 0.1) is 13.2 Å². The molecule has 0 aliphatic carbocycles. The van der Waals surface area contributed by atoms with E-state index >= 15 is 0 Å². The third kappa shape index (κ3) is 2.77. The van der Waals surface area contributed by atoms with Crippen LogP contribution in [0.1, 0.15) is 31.5 Å². The van der Waals surface area contributed by atoms with E-state index in [2.05, 4.69) is 10.2 Å². The summed E-state index contributed by atoms with van der Waals surface area (Å²) in [5.41, 5.74) is 1.05. The summed E-state index contributed by atoms with van der Waals surface area (Å²) in [6, 6.07) is 8.16. The topological polar surface area (TPSA) is 41.6 Å². The molecule has 0 radical (unpaired) electrons. The van der Waals surface area contributed by atoms with E-state index in [9.17, 15) is 4.79 Å². The highest BCUT2D eigenvalue weighted by molar-refractivity contribution is 7.99. The van der Waals surface area contributed by atoms with Crippen molar-refractivity contribution in [2.24, 2.45) is 0 Å². The number of carbonyl (C=O) groups excluding carboxylic acids is 1. The first-order valence-corrected chi connectivity index (χ1v) is 8.66. The third-order valence-electron chi connectivity index (χ3n) is 4.27. The van der Waals surface area contributed by atoms with Gasteiger partial charge in [-0.2, -0.15) is 11.8 Å². The Kier molecular flexibility index (Phi) is 4.40. The maximum absolute atomic E-state index is 12.6. The Balaban J connectivity index is 1.93. The average Bonchev–Trinajstić information content (AvgIpc) is 2.83. The smallest absolute Gasteiger partial charge is 0.241 e. The van der Waals surface area contributed by atoms with E-state index in [-0.39, 0.29) is 18.1 Å². The van der Waals surface area contributed by atoms with Crippen molar-refractivity contribution in [2.75, 3.05) is 18.6 Å². The number of nitrogens with zero attached hydrogens (tertiary/aromatic N) is 1. The number of amides is 1. The predicted octanol–water partition coefficient (Wildman–Crippen LogP) is 2.41. The number of rotatable bonds is 3. The number of hydrogen-bond donors (Lipinski definition) is 1. The maximum atomic E-state index is 12.6. The van der Waals surface area contributed by atoms with Gasteiger partial charge < -0.3 is 9.64 Å². The van der Waals surface area contributed by atoms with Crippen molar-refractivity contribution in [2.45, 2.75) is 38.0 Å². The van der Waals surface area contributed by atoms with Gasteiger partial charge in [-0.05, 0) is 31.6 Å². The highest BCUT2D eigenvalue weighted by Crippen LogP contribution is 2.36. The fourth-order valence-electron chi connectivity index (χ4n) is 3.21. The molecule has 2 aliphatic rings. The van der Waals surface area contributed by atoms with Gasteiger partial charge in [0.25, 0.3) is 0 Å². The number of thioether (sulfide) groups is 1. The minimum absolute atomic E-state index is 0.0765. The zero-order valence-electron chi connectivity index (χ0n) is 12.5. The van der Waals surface area contributed by atoms with Gasteiger partial charge in [0.2, 0.25) is 5.91 Å². The van der Waals surface area contributed by atoms with Crippen molar-refractivity contribution < 1.29 is 9.53 Å². The summed E-state index contributed by atoms with van der Waals surface area (Å²) in [4.78, 5) is 14.7. The summed E-state index contributed by atoms with van der Waals surface area (Å²) < 4.78 is 5.48. The lowest BCUT2D eigenvalue weighted by Crippen LogP contribution is -2.43. The summed E-state index contributed by atoms with van der Waals surface area (Å²) >= 11 is 1.95. The number of nitrogens with one attached hydrogen (secondary N) is 1. The van der Waals surface area contributed by atoms with Crippen LogP contribution in [0.2, 0.25) is 0 Å². The first-order valence-electron chi connectivity index (χ1n) is 7.51. The van der Waals surface area contributed by atoms with E-state index in [1.54, 1.807) is 7.11 Å². The Morgan fingerprint density at radius 1 is 1.38 bits per heavy atom. The van der Waals surface area contributed by atoms with Crippen LogP contribution in [0.3, 0.4) is 0 Å². The molecule has 1 aromatic rings. The molecule has 1 N–H and O–H groups in total. The minimum Gasteiger partial charge on any atom is -0.496 e. The van der Waals surface area contributed by atoms with Gasteiger partial charge in [0.15, 0.2) is 0 Å². The molecular formula is C16H22N2O2S. The van der Waals surface area contributed by atoms with Crippen LogP contribution in [0.5, 0.6) is 5.75 Å². The second-order valence-corrected chi connectivity index (χ2v) is 6.80. The number of ether oxygens (including phenoxy) is 1. The normalized spacial score (nSPS) is 29.7. The van der Waals surface area contributed by atoms with Crippen molar-refractivity contribution in [3.63, 3.8) is 0 Å². The monoisotopic (exact) mass is 306 g/mol. The van der Waals surface area contributed by atoms with Gasteiger partial charge in [-0.1, -0.05) is 18.2 Å². The van der Waals surface area contributed by atoms with Crippen LogP contribution in [0.15, 0.2) is 24.3 Å². The lowest BCUT2D eigenvalue weighted by Gasteiger charge is -2.35. The molecule has 2 fully saturated rings. The number of benzene rings is 1. The first-order chi connectivity index (χ1) is 10.2. The molecule has 0 spiro atoms. The van der Waals surface area contributed by atoms with E-state index in [4.69, 9.17) is 4.74 Å². The minimum atomic E-state index is -0.133. The molecule has 0 bridgehead atoms. The second kappa shape index (κ2) is 6.28. The SMILES string of the molecule is COc1ccccc1C1NC(C)C(=O)N1C1CCCSC1. The highest BCUT2D eigenvalue weighted by atomic mass is 32.2. The first kappa shape index (κ1) is 14.7. The van der Waals surface area contributed by atoms with Gasteiger partial charge in [0.1, 0.15) is 11.9 Å². The molecule has 1 amide bonds. The lowest BCUT2D eigenvalue weighted by molar-refractivity contribution is -0.131. The van der Waals surface area contributed by atoms with Gasteiger partial charge in [0, 0.05) is 17.4 Å². The molecule has 114 valence electrons. The van der Waals surface area contributed by atoms with Crippen LogP contribution in [0, 0.1) is 0 Å². The summed E-state index contributed by atoms with van der Waals surface area (Å²) in [6.45, 7) is 1.95. The Morgan fingerprint density at radius 2 is 2.19 bits per heavy atom. The molecule has 2 heterocycles. The standard InChI is InChI=1S/C16H22N2O2S/c1-11-16(19)18(12-6-5-9-21-10-12)15(17-11)13-7-3-4-8-14(13)20-2/h3-4,7-8,11-12,15,17H,5-6,9-10H2,1-2H3. The van der Waals surface area contributed by atoms with Crippen LogP contribution < -0.4 is 10.1 Å². The quantitative estimate of drug-likeness (QED) is 0.931. The third-order valence-corrected chi connectivity index (χ3v) is 5.47. The molecule has 0 saturated carbocycles. The zero-order chi connectivity index (χ0) is 14.8. The van der Waals surface area contributed by atoms with Gasteiger partial charge in [-0.25, -0.2) is 0 Å². The van der Waals surface area contributed by atoms with Crippen LogP contribution in [-0.4, -0.2) is 41.5 Å². The van der Waals surface area contributed by atoms with Gasteiger partial charge >= 0.3 is 0 Å². The Morgan fingerprint density at radius 3 is 2.90 bits per heavy atom. The van der Waals surface area contributed by atoms with Crippen molar-refractivity contribution in [1.82, 2.24) is 10.2 Å². The predicted molar refractivity (Wildman–Crippen MR) is 85.5 cm³/mol. The molecule has 1 aromatic carbocycles. The number of methoxy groups -OCH3 is 1. The van der Waals surface area contributed by atoms with Crippen molar-refractivity contribution in [1.29, 1.82) is 0 Å². The molecule has 0 aromatic heterocycles. The van der Waals surface area contributed by atoms with E-state index < -0.39 is 0 Å². The van der Waals surface area contributed by atoms with Crippen LogP contribution in [-0.2, 0) is 4.79 Å². The van der Waals surface area contributed by atoms with Crippen molar-refractivity contribution in [3.05, 3.63) is 29.8 Å². The molecule has 4 nitrogen and oxygen atoms in total. The fraction of sp³-hybridized carbons (Fsp3) is 0.562. The van der Waals surface area contributed by atoms with Crippen molar-refractivity contribution in [3.8, 4) is 5.75 Å². The lowest BCUT2D eigenvalue weighted by atomic mass is 10.1. The zero-order valence-corrected chi connectivity index (χ0v) is 13.4. The average molecular weight is 306 g/mol. The molecule has 5 heteroatoms. The van der Waals surface area contributed by atoms with Crippen LogP contribution in [0.4, 0.5) is 0 Å². The van der Waals surface area contributed by atoms with E-state index in [0.29, 0.717) is 6.04 Å². The summed E-state index contributed by atoms with van der Waals surface area (Å²) in [7, 11) is 1.68. The fourth-order valence-corrected chi connectivity index (χ4v) is 4.34. The Bertz CT molecular complexity index is 517. The second-order valence-electron chi connectivity index (χ2n) is 5.65. The summed E-state index contributed by atoms with van der Waals surface area (Å²) in [5, 5.41) is 3.43. The molecule has 2 saturated heterocycles. The molecular weight excluding hydrogens is 284 g/mol. The van der Waals surface area contributed by atoms with Gasteiger partial charge in [-0.15, -0.1) is 0 Å². The van der Waals surface area contributed by atoms with Crippen molar-refractivity contribution >= 4 is 17.7 Å². The van der Waals surface area contributed by atoms with E-state index in [1.165, 1.54) is 12.2 Å². The van der Waals surface area contributed by atoms with E-state index in [0.717, 1.165) is 23.5 Å². The maximum Gasteiger partial charge on any atom is 0.241 e. The molecule has 21 heavy (non-hydrogen) atoms. The highest BCUT2D eigenvalue weighted by Gasteiger charge is 2.42. The number of para-hydroxylation sites is 1.